The summed E-state index contributed by atoms with van der Waals surface area (Å²) in [6, 6.07) is 13.8. The highest BCUT2D eigenvalue weighted by Gasteiger charge is 2.18. The number of methoxy groups -OCH3 is 2. The summed E-state index contributed by atoms with van der Waals surface area (Å²) in [5, 5.41) is 12.6. The summed E-state index contributed by atoms with van der Waals surface area (Å²) in [5.74, 6) is 0.525. The Labute approximate surface area is 181 Å². The van der Waals surface area contributed by atoms with Crippen molar-refractivity contribution in [2.24, 2.45) is 5.92 Å². The van der Waals surface area contributed by atoms with E-state index in [4.69, 9.17) is 9.47 Å². The van der Waals surface area contributed by atoms with Crippen LogP contribution in [0.5, 0.6) is 11.5 Å². The molecule has 31 heavy (non-hydrogen) atoms. The summed E-state index contributed by atoms with van der Waals surface area (Å²) in [4.78, 5) is 25.2. The fourth-order valence-corrected chi connectivity index (χ4v) is 3.09. The van der Waals surface area contributed by atoms with Gasteiger partial charge in [0.1, 0.15) is 11.5 Å². The van der Waals surface area contributed by atoms with Crippen LogP contribution in [-0.2, 0) is 6.42 Å². The van der Waals surface area contributed by atoms with E-state index < -0.39 is 0 Å². The molecule has 1 heterocycles. The summed E-state index contributed by atoms with van der Waals surface area (Å²) in [6.45, 7) is 4.19. The number of rotatable bonds is 8. The van der Waals surface area contributed by atoms with E-state index in [0.29, 0.717) is 34.4 Å². The average Bonchev–Trinajstić information content (AvgIpc) is 3.22. The Hall–Kier alpha value is -3.81. The molecule has 0 aliphatic carbocycles. The number of H-pyrrole nitrogens is 1. The zero-order valence-corrected chi connectivity index (χ0v) is 18.0. The highest BCUT2D eigenvalue weighted by molar-refractivity contribution is 6.07. The van der Waals surface area contributed by atoms with E-state index in [2.05, 4.69) is 34.7 Å². The Morgan fingerprint density at radius 2 is 1.52 bits per heavy atom. The van der Waals surface area contributed by atoms with Gasteiger partial charge >= 0.3 is 0 Å². The largest absolute Gasteiger partial charge is 0.494 e. The van der Waals surface area contributed by atoms with Crippen LogP contribution in [0.3, 0.4) is 0 Å². The van der Waals surface area contributed by atoms with Crippen molar-refractivity contribution in [3.05, 3.63) is 65.5 Å². The quantitative estimate of drug-likeness (QED) is 0.506. The number of nitrogens with zero attached hydrogens (tertiary/aromatic N) is 1. The van der Waals surface area contributed by atoms with Crippen LogP contribution in [0.1, 0.15) is 40.4 Å². The smallest absolute Gasteiger partial charge is 0.276 e. The van der Waals surface area contributed by atoms with Crippen LogP contribution < -0.4 is 20.1 Å². The summed E-state index contributed by atoms with van der Waals surface area (Å²) < 4.78 is 10.8. The Morgan fingerprint density at radius 3 is 2.06 bits per heavy atom. The van der Waals surface area contributed by atoms with Crippen molar-refractivity contribution >= 4 is 23.2 Å². The van der Waals surface area contributed by atoms with Gasteiger partial charge < -0.3 is 20.1 Å². The Bertz CT molecular complexity index is 1060. The molecule has 162 valence electrons. The fourth-order valence-electron chi connectivity index (χ4n) is 3.09. The molecule has 0 unspecified atom stereocenters. The Kier molecular flexibility index (Phi) is 6.92. The highest BCUT2D eigenvalue weighted by atomic mass is 16.5. The number of hydrogen-bond donors (Lipinski definition) is 3. The lowest BCUT2D eigenvalue weighted by atomic mass is 10.1. The Balaban J connectivity index is 1.82. The summed E-state index contributed by atoms with van der Waals surface area (Å²) >= 11 is 0. The van der Waals surface area contributed by atoms with Gasteiger partial charge in [-0.2, -0.15) is 5.10 Å². The molecule has 2 amide bonds. The minimum Gasteiger partial charge on any atom is -0.494 e. The lowest BCUT2D eigenvalue weighted by molar-refractivity contribution is 0.101. The third-order valence-electron chi connectivity index (χ3n) is 4.55. The maximum atomic E-state index is 12.7. The first-order valence-corrected chi connectivity index (χ1v) is 9.89. The van der Waals surface area contributed by atoms with Gasteiger partial charge in [0.2, 0.25) is 0 Å². The SMILES string of the molecule is COc1cc(NC(=O)c2cc(CC(C)C)[nH]n2)c(OC)cc1NC(=O)c1ccccc1. The molecule has 0 atom stereocenters. The van der Waals surface area contributed by atoms with Gasteiger partial charge in [0, 0.05) is 23.4 Å². The summed E-state index contributed by atoms with van der Waals surface area (Å²) in [6.07, 6.45) is 0.799. The predicted octanol–water partition coefficient (Wildman–Crippen LogP) is 4.13. The lowest BCUT2D eigenvalue weighted by Crippen LogP contribution is -2.15. The minimum atomic E-state index is -0.382. The molecule has 0 aliphatic rings. The first kappa shape index (κ1) is 21.9. The molecule has 0 bridgehead atoms. The topological polar surface area (TPSA) is 105 Å². The van der Waals surface area contributed by atoms with E-state index in [9.17, 15) is 9.59 Å². The first-order chi connectivity index (χ1) is 14.9. The molecule has 0 fully saturated rings. The third-order valence-corrected chi connectivity index (χ3v) is 4.55. The van der Waals surface area contributed by atoms with Gasteiger partial charge in [0.25, 0.3) is 11.8 Å². The molecule has 3 aromatic rings. The van der Waals surface area contributed by atoms with Crippen LogP contribution in [-0.4, -0.2) is 36.2 Å². The number of hydrogen-bond acceptors (Lipinski definition) is 5. The molecule has 0 aliphatic heterocycles. The van der Waals surface area contributed by atoms with Crippen molar-refractivity contribution in [2.45, 2.75) is 20.3 Å². The van der Waals surface area contributed by atoms with Crippen molar-refractivity contribution in [3.63, 3.8) is 0 Å². The lowest BCUT2D eigenvalue weighted by Gasteiger charge is -2.16. The van der Waals surface area contributed by atoms with E-state index in [0.717, 1.165) is 12.1 Å². The molecule has 3 N–H and O–H groups in total. The molecule has 8 nitrogen and oxygen atoms in total. The average molecular weight is 422 g/mol. The molecule has 0 radical (unpaired) electrons. The number of carbonyl (C=O) groups excluding carboxylic acids is 2. The molecular formula is C23H26N4O4. The second-order valence-corrected chi connectivity index (χ2v) is 7.40. The molecule has 0 saturated carbocycles. The van der Waals surface area contributed by atoms with E-state index in [-0.39, 0.29) is 17.5 Å². The monoisotopic (exact) mass is 422 g/mol. The van der Waals surface area contributed by atoms with Crippen molar-refractivity contribution in [2.75, 3.05) is 24.9 Å². The minimum absolute atomic E-state index is 0.276. The van der Waals surface area contributed by atoms with Crippen molar-refractivity contribution < 1.29 is 19.1 Å². The second kappa shape index (κ2) is 9.80. The highest BCUT2D eigenvalue weighted by Crippen LogP contribution is 2.37. The summed E-state index contributed by atoms with van der Waals surface area (Å²) in [5.41, 5.74) is 2.50. The predicted molar refractivity (Wildman–Crippen MR) is 119 cm³/mol. The van der Waals surface area contributed by atoms with Crippen LogP contribution >= 0.6 is 0 Å². The number of aromatic nitrogens is 2. The third kappa shape index (κ3) is 5.42. The van der Waals surface area contributed by atoms with Crippen LogP contribution in [0.25, 0.3) is 0 Å². The number of ether oxygens (including phenoxy) is 2. The summed E-state index contributed by atoms with van der Waals surface area (Å²) in [7, 11) is 2.97. The van der Waals surface area contributed by atoms with Gasteiger partial charge in [0.05, 0.1) is 25.6 Å². The zero-order valence-electron chi connectivity index (χ0n) is 18.0. The molecule has 0 saturated heterocycles. The second-order valence-electron chi connectivity index (χ2n) is 7.40. The number of nitrogens with one attached hydrogen (secondary N) is 3. The maximum Gasteiger partial charge on any atom is 0.276 e. The van der Waals surface area contributed by atoms with Gasteiger partial charge in [-0.15, -0.1) is 0 Å². The Morgan fingerprint density at radius 1 is 0.935 bits per heavy atom. The van der Waals surface area contributed by atoms with Crippen molar-refractivity contribution in [1.82, 2.24) is 10.2 Å². The molecule has 1 aromatic heterocycles. The van der Waals surface area contributed by atoms with E-state index in [1.54, 1.807) is 42.5 Å². The number of carbonyl (C=O) groups is 2. The standard InChI is InChI=1S/C23H26N4O4/c1-14(2)10-16-11-19(27-26-16)23(29)25-18-13-20(30-3)17(12-21(18)31-4)24-22(28)15-8-6-5-7-9-15/h5-9,11-14H,10H2,1-4H3,(H,24,28)(H,25,29)(H,26,27). The van der Waals surface area contributed by atoms with Gasteiger partial charge in [0.15, 0.2) is 5.69 Å². The maximum absolute atomic E-state index is 12.7. The van der Waals surface area contributed by atoms with Gasteiger partial charge in [-0.25, -0.2) is 0 Å². The van der Waals surface area contributed by atoms with Gasteiger partial charge in [-0.3, -0.25) is 14.7 Å². The number of anilines is 2. The number of amides is 2. The van der Waals surface area contributed by atoms with Crippen LogP contribution in [0, 0.1) is 5.92 Å². The van der Waals surface area contributed by atoms with Gasteiger partial charge in [-0.05, 0) is 30.5 Å². The molecule has 2 aromatic carbocycles. The molecule has 3 rings (SSSR count). The van der Waals surface area contributed by atoms with Crippen molar-refractivity contribution in [3.8, 4) is 11.5 Å². The normalized spacial score (nSPS) is 10.6. The molecule has 0 spiro atoms. The van der Waals surface area contributed by atoms with Crippen LogP contribution in [0.15, 0.2) is 48.5 Å². The van der Waals surface area contributed by atoms with Crippen LogP contribution in [0.4, 0.5) is 11.4 Å². The first-order valence-electron chi connectivity index (χ1n) is 9.89. The van der Waals surface area contributed by atoms with E-state index >= 15 is 0 Å². The van der Waals surface area contributed by atoms with E-state index in [1.807, 2.05) is 6.07 Å². The number of benzene rings is 2. The van der Waals surface area contributed by atoms with Gasteiger partial charge in [-0.1, -0.05) is 32.0 Å². The fraction of sp³-hybridized carbons (Fsp3) is 0.261. The van der Waals surface area contributed by atoms with E-state index in [1.165, 1.54) is 14.2 Å². The zero-order chi connectivity index (χ0) is 22.4. The molecule has 8 heteroatoms. The van der Waals surface area contributed by atoms with Crippen molar-refractivity contribution in [1.29, 1.82) is 0 Å². The number of aromatic amines is 1. The van der Waals surface area contributed by atoms with Crippen LogP contribution in [0.2, 0.25) is 0 Å². The molecular weight excluding hydrogens is 396 g/mol.